The van der Waals surface area contributed by atoms with Crippen LogP contribution in [0.25, 0.3) is 0 Å². The number of nitrogens with zero attached hydrogens (tertiary/aromatic N) is 1. The molecule has 1 fully saturated rings. The van der Waals surface area contributed by atoms with E-state index in [-0.39, 0.29) is 17.1 Å². The van der Waals surface area contributed by atoms with Gasteiger partial charge >= 0.3 is 0 Å². The van der Waals surface area contributed by atoms with Crippen molar-refractivity contribution in [1.82, 2.24) is 4.90 Å². The lowest BCUT2D eigenvalue weighted by molar-refractivity contribution is -0.145. The summed E-state index contributed by atoms with van der Waals surface area (Å²) in [6.45, 7) is 6.45. The van der Waals surface area contributed by atoms with Gasteiger partial charge in [0.05, 0.1) is 0 Å². The number of ether oxygens (including phenoxy) is 1. The van der Waals surface area contributed by atoms with Gasteiger partial charge in [-0.25, -0.2) is 4.39 Å². The molecule has 5 heteroatoms. The van der Waals surface area contributed by atoms with E-state index in [1.165, 1.54) is 6.07 Å². The summed E-state index contributed by atoms with van der Waals surface area (Å²) in [5.41, 5.74) is 6.38. The third-order valence-electron chi connectivity index (χ3n) is 4.67. The molecule has 1 aromatic rings. The van der Waals surface area contributed by atoms with Gasteiger partial charge in [0.1, 0.15) is 11.6 Å². The first-order valence-electron chi connectivity index (χ1n) is 7.82. The SMILES string of the molecule is CC(C)(CN)CC1CN(C(=O)C2Cc3c(F)cccc3O2)C1. The Balaban J connectivity index is 1.54. The average Bonchev–Trinajstić information content (AvgIpc) is 2.87. The summed E-state index contributed by atoms with van der Waals surface area (Å²) < 4.78 is 19.3. The summed E-state index contributed by atoms with van der Waals surface area (Å²) in [5.74, 6) is 0.680. The molecule has 1 atom stereocenters. The van der Waals surface area contributed by atoms with Crippen LogP contribution in [0.5, 0.6) is 5.75 Å². The van der Waals surface area contributed by atoms with E-state index in [9.17, 15) is 9.18 Å². The van der Waals surface area contributed by atoms with E-state index >= 15 is 0 Å². The van der Waals surface area contributed by atoms with Crippen molar-refractivity contribution < 1.29 is 13.9 Å². The van der Waals surface area contributed by atoms with E-state index < -0.39 is 6.10 Å². The van der Waals surface area contributed by atoms with Crippen molar-refractivity contribution in [3.63, 3.8) is 0 Å². The molecule has 1 saturated heterocycles. The zero-order valence-corrected chi connectivity index (χ0v) is 13.1. The molecule has 0 spiro atoms. The van der Waals surface area contributed by atoms with E-state index in [1.54, 1.807) is 12.1 Å². The number of likely N-dealkylation sites (tertiary alicyclic amines) is 1. The van der Waals surface area contributed by atoms with E-state index in [2.05, 4.69) is 13.8 Å². The Bertz CT molecular complexity index is 582. The molecule has 22 heavy (non-hydrogen) atoms. The Morgan fingerprint density at radius 2 is 2.18 bits per heavy atom. The molecule has 0 saturated carbocycles. The van der Waals surface area contributed by atoms with E-state index in [4.69, 9.17) is 10.5 Å². The molecule has 2 N–H and O–H groups in total. The molecule has 1 amide bonds. The second-order valence-corrected chi connectivity index (χ2v) is 7.21. The minimum absolute atomic E-state index is 0.0302. The van der Waals surface area contributed by atoms with Gasteiger partial charge in [-0.15, -0.1) is 0 Å². The van der Waals surface area contributed by atoms with Crippen LogP contribution in [0.4, 0.5) is 4.39 Å². The Hall–Kier alpha value is -1.62. The number of carbonyl (C=O) groups excluding carboxylic acids is 1. The van der Waals surface area contributed by atoms with Gasteiger partial charge < -0.3 is 15.4 Å². The summed E-state index contributed by atoms with van der Waals surface area (Å²) in [4.78, 5) is 14.3. The highest BCUT2D eigenvalue weighted by molar-refractivity contribution is 5.83. The maximum absolute atomic E-state index is 13.7. The first-order chi connectivity index (χ1) is 10.4. The lowest BCUT2D eigenvalue weighted by Crippen LogP contribution is -2.55. The van der Waals surface area contributed by atoms with Gasteiger partial charge in [0.2, 0.25) is 0 Å². The molecule has 0 aromatic heterocycles. The number of halogens is 1. The molecular weight excluding hydrogens is 283 g/mol. The Morgan fingerprint density at radius 1 is 1.45 bits per heavy atom. The van der Waals surface area contributed by atoms with Crippen molar-refractivity contribution in [2.45, 2.75) is 32.8 Å². The van der Waals surface area contributed by atoms with E-state index in [0.29, 0.717) is 30.2 Å². The standard InChI is InChI=1S/C17H23FN2O2/c1-17(2,10-19)7-11-8-20(9-11)16(21)15-6-12-13(18)4-3-5-14(12)22-15/h3-5,11,15H,6-10,19H2,1-2H3. The minimum atomic E-state index is -0.574. The Morgan fingerprint density at radius 3 is 2.82 bits per heavy atom. The smallest absolute Gasteiger partial charge is 0.264 e. The summed E-state index contributed by atoms with van der Waals surface area (Å²) in [6.07, 6.45) is 0.777. The second kappa shape index (κ2) is 5.54. The molecule has 1 unspecified atom stereocenters. The van der Waals surface area contributed by atoms with Gasteiger partial charge in [0.15, 0.2) is 6.10 Å². The minimum Gasteiger partial charge on any atom is -0.480 e. The topological polar surface area (TPSA) is 55.6 Å². The number of hydrogen-bond acceptors (Lipinski definition) is 3. The predicted octanol–water partition coefficient (Wildman–Crippen LogP) is 1.96. The van der Waals surface area contributed by atoms with Crippen LogP contribution < -0.4 is 10.5 Å². The molecule has 1 aromatic carbocycles. The van der Waals surface area contributed by atoms with Crippen LogP contribution in [0.2, 0.25) is 0 Å². The molecule has 0 aliphatic carbocycles. The van der Waals surface area contributed by atoms with Crippen LogP contribution in [0.15, 0.2) is 18.2 Å². The van der Waals surface area contributed by atoms with Crippen LogP contribution in [-0.2, 0) is 11.2 Å². The Labute approximate surface area is 130 Å². The van der Waals surface area contributed by atoms with Crippen LogP contribution in [-0.4, -0.2) is 36.5 Å². The molecule has 0 radical (unpaired) electrons. The molecule has 120 valence electrons. The van der Waals surface area contributed by atoms with Crippen LogP contribution in [0.3, 0.4) is 0 Å². The third-order valence-corrected chi connectivity index (χ3v) is 4.67. The lowest BCUT2D eigenvalue weighted by atomic mass is 9.79. The van der Waals surface area contributed by atoms with E-state index in [1.807, 2.05) is 4.90 Å². The van der Waals surface area contributed by atoms with Crippen LogP contribution >= 0.6 is 0 Å². The summed E-state index contributed by atoms with van der Waals surface area (Å²) in [7, 11) is 0. The van der Waals surface area contributed by atoms with Gasteiger partial charge in [-0.1, -0.05) is 19.9 Å². The number of carbonyl (C=O) groups is 1. The largest absolute Gasteiger partial charge is 0.480 e. The van der Waals surface area contributed by atoms with Gasteiger partial charge in [0, 0.05) is 25.1 Å². The number of rotatable bonds is 4. The van der Waals surface area contributed by atoms with E-state index in [0.717, 1.165) is 19.5 Å². The molecule has 3 rings (SSSR count). The highest BCUT2D eigenvalue weighted by atomic mass is 19.1. The normalized spacial score (nSPS) is 21.3. The zero-order valence-electron chi connectivity index (χ0n) is 13.1. The lowest BCUT2D eigenvalue weighted by Gasteiger charge is -2.43. The highest BCUT2D eigenvalue weighted by Gasteiger charge is 2.40. The quantitative estimate of drug-likeness (QED) is 0.925. The maximum atomic E-state index is 13.7. The van der Waals surface area contributed by atoms with Crippen molar-refractivity contribution in [3.8, 4) is 5.75 Å². The van der Waals surface area contributed by atoms with Gasteiger partial charge in [-0.3, -0.25) is 4.79 Å². The average molecular weight is 306 g/mol. The van der Waals surface area contributed by atoms with Crippen molar-refractivity contribution in [1.29, 1.82) is 0 Å². The van der Waals surface area contributed by atoms with Crippen molar-refractivity contribution in [2.75, 3.05) is 19.6 Å². The molecule has 0 bridgehead atoms. The maximum Gasteiger partial charge on any atom is 0.264 e. The second-order valence-electron chi connectivity index (χ2n) is 7.21. The fourth-order valence-corrected chi connectivity index (χ4v) is 3.31. The molecule has 2 heterocycles. The molecule has 2 aliphatic heterocycles. The highest BCUT2D eigenvalue weighted by Crippen LogP contribution is 2.34. The molecule has 2 aliphatic rings. The van der Waals surface area contributed by atoms with Crippen molar-refractivity contribution in [3.05, 3.63) is 29.6 Å². The predicted molar refractivity (Wildman–Crippen MR) is 82.0 cm³/mol. The summed E-state index contributed by atoms with van der Waals surface area (Å²) in [5, 5.41) is 0. The molecule has 4 nitrogen and oxygen atoms in total. The number of benzene rings is 1. The third kappa shape index (κ3) is 2.82. The number of hydrogen-bond donors (Lipinski definition) is 1. The molecular formula is C17H23FN2O2. The number of amides is 1. The van der Waals surface area contributed by atoms with Gasteiger partial charge in [0.25, 0.3) is 5.91 Å². The van der Waals surface area contributed by atoms with Crippen LogP contribution in [0.1, 0.15) is 25.8 Å². The Kier molecular flexibility index (Phi) is 3.85. The summed E-state index contributed by atoms with van der Waals surface area (Å²) in [6, 6.07) is 4.73. The number of fused-ring (bicyclic) bond motifs is 1. The van der Waals surface area contributed by atoms with Crippen LogP contribution in [0, 0.1) is 17.2 Å². The van der Waals surface area contributed by atoms with Gasteiger partial charge in [-0.2, -0.15) is 0 Å². The first-order valence-corrected chi connectivity index (χ1v) is 7.82. The van der Waals surface area contributed by atoms with Crippen molar-refractivity contribution >= 4 is 5.91 Å². The zero-order chi connectivity index (χ0) is 15.9. The first kappa shape index (κ1) is 15.3. The summed E-state index contributed by atoms with van der Waals surface area (Å²) >= 11 is 0. The monoisotopic (exact) mass is 306 g/mol. The number of nitrogens with two attached hydrogens (primary N) is 1. The van der Waals surface area contributed by atoms with Crippen molar-refractivity contribution in [2.24, 2.45) is 17.1 Å². The van der Waals surface area contributed by atoms with Gasteiger partial charge in [-0.05, 0) is 36.4 Å². The fourth-order valence-electron chi connectivity index (χ4n) is 3.31. The fraction of sp³-hybridized carbons (Fsp3) is 0.588.